The molecule has 0 spiro atoms. The Morgan fingerprint density at radius 1 is 1.50 bits per heavy atom. The molecule has 1 rings (SSSR count). The summed E-state index contributed by atoms with van der Waals surface area (Å²) in [4.78, 5) is 21.3. The number of carboxylic acid groups (broad SMARTS) is 2. The van der Waals surface area contributed by atoms with Crippen molar-refractivity contribution in [2.75, 3.05) is 6.54 Å². The summed E-state index contributed by atoms with van der Waals surface area (Å²) in [7, 11) is 0. The van der Waals surface area contributed by atoms with Crippen molar-refractivity contribution in [3.8, 4) is 6.07 Å². The summed E-state index contributed by atoms with van der Waals surface area (Å²) in [5.74, 6) is -3.41. The minimum absolute atomic E-state index is 0.00694. The number of hydrogen-bond donors (Lipinski definition) is 3. The summed E-state index contributed by atoms with van der Waals surface area (Å²) >= 11 is 0. The predicted molar refractivity (Wildman–Crippen MR) is 44.0 cm³/mol. The lowest BCUT2D eigenvalue weighted by molar-refractivity contribution is -0.140. The number of aliphatic carboxylic acids is 2. The van der Waals surface area contributed by atoms with Crippen LogP contribution in [-0.2, 0) is 9.59 Å². The van der Waals surface area contributed by atoms with Crippen LogP contribution in [0.15, 0.2) is 11.3 Å². The Labute approximate surface area is 79.5 Å². The molecule has 74 valence electrons. The molecule has 0 radical (unpaired) electrons. The number of carbonyl (C=O) groups is 2. The van der Waals surface area contributed by atoms with Crippen molar-refractivity contribution in [3.63, 3.8) is 0 Å². The first-order valence-corrected chi connectivity index (χ1v) is 3.92. The average molecular weight is 196 g/mol. The maximum absolute atomic E-state index is 10.7. The van der Waals surface area contributed by atoms with Crippen LogP contribution in [0.3, 0.4) is 0 Å². The van der Waals surface area contributed by atoms with Crippen molar-refractivity contribution in [1.29, 1.82) is 5.26 Å². The van der Waals surface area contributed by atoms with Gasteiger partial charge in [-0.2, -0.15) is 5.26 Å². The first-order chi connectivity index (χ1) is 6.57. The molecule has 1 atom stereocenters. The Hall–Kier alpha value is -2.03. The van der Waals surface area contributed by atoms with Crippen molar-refractivity contribution < 1.29 is 19.8 Å². The van der Waals surface area contributed by atoms with E-state index in [0.29, 0.717) is 13.0 Å². The summed E-state index contributed by atoms with van der Waals surface area (Å²) in [5.41, 5.74) is -0.512. The number of nitriles is 1. The van der Waals surface area contributed by atoms with Crippen LogP contribution in [0, 0.1) is 17.2 Å². The topological polar surface area (TPSA) is 110 Å². The van der Waals surface area contributed by atoms with Gasteiger partial charge in [-0.1, -0.05) is 0 Å². The highest BCUT2D eigenvalue weighted by Crippen LogP contribution is 2.22. The van der Waals surface area contributed by atoms with Crippen LogP contribution in [-0.4, -0.2) is 28.7 Å². The molecule has 6 nitrogen and oxygen atoms in total. The Balaban J connectivity index is 3.11. The quantitative estimate of drug-likeness (QED) is 0.407. The second kappa shape index (κ2) is 3.79. The van der Waals surface area contributed by atoms with E-state index in [0.717, 1.165) is 0 Å². The molecule has 1 heterocycles. The molecule has 0 aromatic carbocycles. The van der Waals surface area contributed by atoms with Crippen LogP contribution in [0.4, 0.5) is 0 Å². The predicted octanol–water partition coefficient (Wildman–Crippen LogP) is -0.457. The summed E-state index contributed by atoms with van der Waals surface area (Å²) < 4.78 is 0. The lowest BCUT2D eigenvalue weighted by Gasteiger charge is -2.06. The van der Waals surface area contributed by atoms with E-state index in [1.165, 1.54) is 6.07 Å². The molecule has 1 aliphatic heterocycles. The molecule has 0 aromatic rings. The van der Waals surface area contributed by atoms with Gasteiger partial charge >= 0.3 is 11.9 Å². The van der Waals surface area contributed by atoms with Gasteiger partial charge in [0.15, 0.2) is 5.57 Å². The first kappa shape index (κ1) is 10.1. The van der Waals surface area contributed by atoms with Gasteiger partial charge in [0.2, 0.25) is 0 Å². The molecular formula is C8H8N2O4. The van der Waals surface area contributed by atoms with Crippen LogP contribution < -0.4 is 5.32 Å². The lowest BCUT2D eigenvalue weighted by Crippen LogP contribution is -2.19. The third-order valence-corrected chi connectivity index (χ3v) is 1.99. The van der Waals surface area contributed by atoms with Crippen LogP contribution in [0.25, 0.3) is 0 Å². The Morgan fingerprint density at radius 3 is 2.57 bits per heavy atom. The van der Waals surface area contributed by atoms with Crippen LogP contribution >= 0.6 is 0 Å². The molecule has 1 saturated heterocycles. The lowest BCUT2D eigenvalue weighted by atomic mass is 10.0. The van der Waals surface area contributed by atoms with E-state index in [1.807, 2.05) is 0 Å². The zero-order valence-corrected chi connectivity index (χ0v) is 7.15. The SMILES string of the molecule is N#C/C(C(=O)O)=C1/NCCC1C(=O)O. The van der Waals surface area contributed by atoms with Crippen molar-refractivity contribution in [2.24, 2.45) is 5.92 Å². The van der Waals surface area contributed by atoms with Gasteiger partial charge in [-0.15, -0.1) is 0 Å². The fraction of sp³-hybridized carbons (Fsp3) is 0.375. The van der Waals surface area contributed by atoms with Gasteiger partial charge < -0.3 is 15.5 Å². The third-order valence-electron chi connectivity index (χ3n) is 1.99. The van der Waals surface area contributed by atoms with Gasteiger partial charge in [-0.3, -0.25) is 4.79 Å². The van der Waals surface area contributed by atoms with Crippen molar-refractivity contribution in [2.45, 2.75) is 6.42 Å². The van der Waals surface area contributed by atoms with Crippen molar-refractivity contribution >= 4 is 11.9 Å². The zero-order valence-electron chi connectivity index (χ0n) is 7.15. The molecule has 1 fully saturated rings. The number of nitrogens with zero attached hydrogens (tertiary/aromatic N) is 1. The summed E-state index contributed by atoms with van der Waals surface area (Å²) in [6, 6.07) is 1.48. The van der Waals surface area contributed by atoms with Crippen LogP contribution in [0.5, 0.6) is 0 Å². The molecule has 3 N–H and O–H groups in total. The molecule has 0 bridgehead atoms. The number of carboxylic acids is 2. The fourth-order valence-corrected chi connectivity index (χ4v) is 1.35. The average Bonchev–Trinajstić information content (AvgIpc) is 2.53. The van der Waals surface area contributed by atoms with Gasteiger partial charge in [0.05, 0.1) is 11.6 Å². The molecule has 0 amide bonds. The fourth-order valence-electron chi connectivity index (χ4n) is 1.35. The molecule has 1 aliphatic rings. The largest absolute Gasteiger partial charge is 0.481 e. The molecule has 1 unspecified atom stereocenters. The van der Waals surface area contributed by atoms with E-state index in [9.17, 15) is 9.59 Å². The second-order valence-electron chi connectivity index (χ2n) is 2.81. The summed E-state index contributed by atoms with van der Waals surface area (Å²) in [5, 5.41) is 28.5. The van der Waals surface area contributed by atoms with E-state index in [-0.39, 0.29) is 5.70 Å². The van der Waals surface area contributed by atoms with Crippen LogP contribution in [0.2, 0.25) is 0 Å². The highest BCUT2D eigenvalue weighted by Gasteiger charge is 2.32. The van der Waals surface area contributed by atoms with E-state index in [4.69, 9.17) is 15.5 Å². The Kier molecular flexibility index (Phi) is 2.72. The zero-order chi connectivity index (χ0) is 10.7. The summed E-state index contributed by atoms with van der Waals surface area (Å²) in [6.07, 6.45) is 0.309. The van der Waals surface area contributed by atoms with Gasteiger partial charge in [0, 0.05) is 6.54 Å². The number of hydrogen-bond acceptors (Lipinski definition) is 4. The van der Waals surface area contributed by atoms with E-state index in [1.54, 1.807) is 0 Å². The van der Waals surface area contributed by atoms with E-state index in [2.05, 4.69) is 5.32 Å². The van der Waals surface area contributed by atoms with Gasteiger partial charge in [0.1, 0.15) is 6.07 Å². The van der Waals surface area contributed by atoms with Gasteiger partial charge in [-0.25, -0.2) is 4.79 Å². The number of rotatable bonds is 2. The highest BCUT2D eigenvalue weighted by atomic mass is 16.4. The summed E-state index contributed by atoms with van der Waals surface area (Å²) in [6.45, 7) is 0.380. The molecule has 0 saturated carbocycles. The monoisotopic (exact) mass is 196 g/mol. The molecular weight excluding hydrogens is 188 g/mol. The van der Waals surface area contributed by atoms with Crippen molar-refractivity contribution in [3.05, 3.63) is 11.3 Å². The Morgan fingerprint density at radius 2 is 2.14 bits per heavy atom. The third kappa shape index (κ3) is 1.66. The van der Waals surface area contributed by atoms with E-state index >= 15 is 0 Å². The molecule has 14 heavy (non-hydrogen) atoms. The normalized spacial score (nSPS) is 23.5. The Bertz CT molecular complexity index is 353. The minimum atomic E-state index is -1.40. The van der Waals surface area contributed by atoms with Gasteiger partial charge in [0.25, 0.3) is 0 Å². The molecule has 0 aliphatic carbocycles. The minimum Gasteiger partial charge on any atom is -0.481 e. The van der Waals surface area contributed by atoms with Crippen LogP contribution in [0.1, 0.15) is 6.42 Å². The maximum atomic E-state index is 10.7. The molecule has 6 heteroatoms. The maximum Gasteiger partial charge on any atom is 0.348 e. The van der Waals surface area contributed by atoms with Crippen molar-refractivity contribution in [1.82, 2.24) is 5.32 Å². The van der Waals surface area contributed by atoms with Gasteiger partial charge in [-0.05, 0) is 6.42 Å². The molecule has 0 aromatic heterocycles. The highest BCUT2D eigenvalue weighted by molar-refractivity contribution is 5.93. The first-order valence-electron chi connectivity index (χ1n) is 3.92. The smallest absolute Gasteiger partial charge is 0.348 e. The standard InChI is InChI=1S/C8H8N2O4/c9-3-5(8(13)14)6-4(7(11)12)1-2-10-6/h4,10H,1-2H2,(H,11,12)(H,13,14)/b6-5-. The second-order valence-corrected chi connectivity index (χ2v) is 2.81. The van der Waals surface area contributed by atoms with E-state index < -0.39 is 23.4 Å². The number of nitrogens with one attached hydrogen (secondary N) is 1.